The summed E-state index contributed by atoms with van der Waals surface area (Å²) in [5, 5.41) is 5.63. The number of amides is 4. The molecular formula is C32H43N5O8S2. The number of carbonyl (C=O) groups is 4. The van der Waals surface area contributed by atoms with Gasteiger partial charge in [0.2, 0.25) is 27.7 Å². The zero-order valence-corrected chi connectivity index (χ0v) is 29.1. The Morgan fingerprint density at radius 2 is 1.81 bits per heavy atom. The van der Waals surface area contributed by atoms with Gasteiger partial charge < -0.3 is 25.0 Å². The average Bonchev–Trinajstić information content (AvgIpc) is 3.86. The van der Waals surface area contributed by atoms with E-state index in [1.165, 1.54) is 22.5 Å². The van der Waals surface area contributed by atoms with E-state index in [4.69, 9.17) is 9.47 Å². The fourth-order valence-electron chi connectivity index (χ4n) is 5.74. The predicted octanol–water partition coefficient (Wildman–Crippen LogP) is 3.25. The molecule has 1 aliphatic heterocycles. The van der Waals surface area contributed by atoms with Crippen LogP contribution in [0.25, 0.3) is 10.1 Å². The number of carbonyl (C=O) groups excluding carboxylic acids is 4. The molecule has 3 fully saturated rings. The maximum atomic E-state index is 14.3. The van der Waals surface area contributed by atoms with Crippen molar-refractivity contribution in [1.29, 1.82) is 0 Å². The molecule has 3 aliphatic rings. The van der Waals surface area contributed by atoms with Crippen molar-refractivity contribution in [3.63, 3.8) is 0 Å². The molecule has 2 aliphatic carbocycles. The van der Waals surface area contributed by atoms with Crippen LogP contribution >= 0.6 is 11.5 Å². The zero-order valence-electron chi connectivity index (χ0n) is 27.5. The number of fused-ring (bicyclic) bond motifs is 1. The Labute approximate surface area is 279 Å². The topological polar surface area (TPSA) is 173 Å². The molecule has 13 nitrogen and oxygen atoms in total. The average molecular weight is 690 g/mol. The third-order valence-corrected chi connectivity index (χ3v) is 11.1. The minimum absolute atomic E-state index is 0.00844. The summed E-state index contributed by atoms with van der Waals surface area (Å²) in [5.74, 6) is -2.15. The fourth-order valence-corrected chi connectivity index (χ4v) is 7.82. The normalized spacial score (nSPS) is 25.1. The van der Waals surface area contributed by atoms with E-state index < -0.39 is 79.7 Å². The molecule has 5 atom stereocenters. The summed E-state index contributed by atoms with van der Waals surface area (Å²) in [6.45, 7) is 14.2. The van der Waals surface area contributed by atoms with Crippen LogP contribution in [0.15, 0.2) is 36.9 Å². The van der Waals surface area contributed by atoms with Crippen LogP contribution in [0, 0.1) is 11.3 Å². The lowest BCUT2D eigenvalue weighted by atomic mass is 9.85. The lowest BCUT2D eigenvalue weighted by Crippen LogP contribution is -2.60. The van der Waals surface area contributed by atoms with Crippen LogP contribution in [-0.4, -0.2) is 82.6 Å². The zero-order chi connectivity index (χ0) is 34.5. The first-order chi connectivity index (χ1) is 21.8. The van der Waals surface area contributed by atoms with Crippen molar-refractivity contribution in [3.05, 3.63) is 36.9 Å². The third-order valence-electron chi connectivity index (χ3n) is 8.49. The number of alkyl carbamates (subject to hydrolysis) is 1. The Kier molecular flexibility index (Phi) is 9.12. The summed E-state index contributed by atoms with van der Waals surface area (Å²) in [4.78, 5) is 55.9. The van der Waals surface area contributed by atoms with Gasteiger partial charge in [-0.25, -0.2) is 13.2 Å². The van der Waals surface area contributed by atoms with Crippen molar-refractivity contribution in [2.45, 2.75) is 102 Å². The van der Waals surface area contributed by atoms with Gasteiger partial charge in [-0.1, -0.05) is 39.0 Å². The summed E-state index contributed by atoms with van der Waals surface area (Å²) in [5.41, 5.74) is -3.13. The van der Waals surface area contributed by atoms with E-state index in [-0.39, 0.29) is 19.4 Å². The molecule has 47 heavy (non-hydrogen) atoms. The van der Waals surface area contributed by atoms with Gasteiger partial charge in [0, 0.05) is 12.3 Å². The van der Waals surface area contributed by atoms with Crippen molar-refractivity contribution >= 4 is 55.5 Å². The first-order valence-corrected chi connectivity index (χ1v) is 18.0. The van der Waals surface area contributed by atoms with Gasteiger partial charge >= 0.3 is 6.09 Å². The second-order valence-electron chi connectivity index (χ2n) is 14.6. The lowest BCUT2D eigenvalue weighted by Gasteiger charge is -2.36. The molecule has 3 N–H and O–H groups in total. The molecule has 15 heteroatoms. The fraction of sp³-hybridized carbons (Fsp3) is 0.594. The highest BCUT2D eigenvalue weighted by molar-refractivity contribution is 7.91. The smallest absolute Gasteiger partial charge is 0.408 e. The Balaban J connectivity index is 1.42. The SMILES string of the molecule is C=CC1C[C@]1(NC(=O)C1C[C@@H](Oc2nsc3ccccc23)CN1C(=O)[C@@H](NC(=O)OC(C)(C)C)C(C)(C)C)C(=O)NS(=O)(=O)C1CC1. The molecule has 5 rings (SSSR count). The Hall–Kier alpha value is -3.72. The first kappa shape index (κ1) is 34.6. The van der Waals surface area contributed by atoms with E-state index in [1.54, 1.807) is 41.5 Å². The molecule has 2 unspecified atom stereocenters. The van der Waals surface area contributed by atoms with Crippen LogP contribution in [0.3, 0.4) is 0 Å². The second-order valence-corrected chi connectivity index (χ2v) is 17.4. The lowest BCUT2D eigenvalue weighted by molar-refractivity contribution is -0.143. The number of rotatable bonds is 10. The number of ether oxygens (including phenoxy) is 2. The molecule has 0 bridgehead atoms. The van der Waals surface area contributed by atoms with E-state index in [0.717, 1.165) is 10.1 Å². The molecule has 256 valence electrons. The van der Waals surface area contributed by atoms with Gasteiger partial charge in [0.1, 0.15) is 29.3 Å². The predicted molar refractivity (Wildman–Crippen MR) is 176 cm³/mol. The summed E-state index contributed by atoms with van der Waals surface area (Å²) < 4.78 is 44.4. The number of nitrogens with zero attached hydrogens (tertiary/aromatic N) is 2. The number of hydrogen-bond acceptors (Lipinski definition) is 10. The molecule has 2 aromatic rings. The summed E-state index contributed by atoms with van der Waals surface area (Å²) >= 11 is 1.26. The van der Waals surface area contributed by atoms with E-state index in [9.17, 15) is 27.6 Å². The number of hydrogen-bond donors (Lipinski definition) is 3. The van der Waals surface area contributed by atoms with Crippen LogP contribution < -0.4 is 20.1 Å². The van der Waals surface area contributed by atoms with Crippen LogP contribution in [0.2, 0.25) is 0 Å². The molecule has 0 radical (unpaired) electrons. The molecule has 0 spiro atoms. The monoisotopic (exact) mass is 689 g/mol. The number of sulfonamides is 1. The highest BCUT2D eigenvalue weighted by Crippen LogP contribution is 2.45. The van der Waals surface area contributed by atoms with E-state index in [2.05, 4.69) is 26.3 Å². The standard InChI is InChI=1S/C32H43N5O8S2/c1-8-18-16-32(18,28(40)36-47(42,43)20-13-14-20)34-25(38)22-15-19(44-26-21-11-9-10-12-23(21)46-35-26)17-37(22)27(39)24(30(2,3)4)33-29(41)45-31(5,6)7/h8-12,18-20,22,24H,1,13-17H2,2-7H3,(H,33,41)(H,34,38)(H,36,40)/t18?,19-,22?,24-,32-/m1/s1. The van der Waals surface area contributed by atoms with E-state index in [1.807, 2.05) is 24.3 Å². The maximum Gasteiger partial charge on any atom is 0.408 e. The minimum atomic E-state index is -3.88. The van der Waals surface area contributed by atoms with Gasteiger partial charge in [-0.15, -0.1) is 6.58 Å². The largest absolute Gasteiger partial charge is 0.471 e. The van der Waals surface area contributed by atoms with Crippen LogP contribution in [0.1, 0.15) is 67.2 Å². The highest BCUT2D eigenvalue weighted by Gasteiger charge is 2.62. The van der Waals surface area contributed by atoms with Crippen LogP contribution in [0.5, 0.6) is 5.88 Å². The molecule has 1 saturated heterocycles. The molecule has 2 saturated carbocycles. The van der Waals surface area contributed by atoms with Crippen molar-refractivity contribution in [2.24, 2.45) is 11.3 Å². The summed E-state index contributed by atoms with van der Waals surface area (Å²) in [6, 6.07) is 5.34. The first-order valence-electron chi connectivity index (χ1n) is 15.7. The van der Waals surface area contributed by atoms with E-state index >= 15 is 0 Å². The Morgan fingerprint density at radius 1 is 1.13 bits per heavy atom. The van der Waals surface area contributed by atoms with E-state index in [0.29, 0.717) is 18.7 Å². The molecular weight excluding hydrogens is 647 g/mol. The third kappa shape index (κ3) is 7.56. The van der Waals surface area contributed by atoms with Crippen LogP contribution in [-0.2, 0) is 29.1 Å². The highest BCUT2D eigenvalue weighted by atomic mass is 32.2. The second kappa shape index (κ2) is 12.4. The van der Waals surface area contributed by atoms with Gasteiger partial charge in [-0.3, -0.25) is 19.1 Å². The van der Waals surface area contributed by atoms with Crippen molar-refractivity contribution in [2.75, 3.05) is 6.54 Å². The molecule has 1 aromatic heterocycles. The number of likely N-dealkylation sites (tertiary alicyclic amines) is 1. The van der Waals surface area contributed by atoms with Crippen molar-refractivity contribution in [1.82, 2.24) is 24.6 Å². The Bertz CT molecular complexity index is 1690. The Morgan fingerprint density at radius 3 is 2.40 bits per heavy atom. The molecule has 1 aromatic carbocycles. The number of benzene rings is 1. The minimum Gasteiger partial charge on any atom is -0.471 e. The van der Waals surface area contributed by atoms with Gasteiger partial charge in [0.15, 0.2) is 0 Å². The maximum absolute atomic E-state index is 14.3. The molecule has 2 heterocycles. The number of nitrogens with one attached hydrogen (secondary N) is 3. The number of aromatic nitrogens is 1. The quantitative estimate of drug-likeness (QED) is 0.317. The molecule has 4 amide bonds. The van der Waals surface area contributed by atoms with Gasteiger partial charge in [-0.2, -0.15) is 4.37 Å². The van der Waals surface area contributed by atoms with Crippen molar-refractivity contribution < 1.29 is 37.1 Å². The van der Waals surface area contributed by atoms with Gasteiger partial charge in [-0.05, 0) is 69.1 Å². The van der Waals surface area contributed by atoms with Gasteiger partial charge in [0.05, 0.1) is 21.9 Å². The summed E-state index contributed by atoms with van der Waals surface area (Å²) in [6.07, 6.45) is 1.21. The van der Waals surface area contributed by atoms with Crippen LogP contribution in [0.4, 0.5) is 4.79 Å². The summed E-state index contributed by atoms with van der Waals surface area (Å²) in [7, 11) is -3.88. The van der Waals surface area contributed by atoms with Gasteiger partial charge in [0.25, 0.3) is 5.91 Å². The van der Waals surface area contributed by atoms with Crippen molar-refractivity contribution in [3.8, 4) is 5.88 Å².